The number of likely N-dealkylation sites (tertiary alicyclic amines) is 1. The van der Waals surface area contributed by atoms with E-state index in [9.17, 15) is 18.0 Å². The van der Waals surface area contributed by atoms with Crippen molar-refractivity contribution >= 4 is 28.3 Å². The molecule has 0 atom stereocenters. The SMILES string of the molecule is COc1cc2c(Nc3ccc(-c4c(C(N)=O)cccc4C(F)(F)F)cc3F)ncnc2cc1OCC1CCN(C)CC1. The van der Waals surface area contributed by atoms with Gasteiger partial charge in [0.2, 0.25) is 5.91 Å². The van der Waals surface area contributed by atoms with Gasteiger partial charge in [-0.15, -0.1) is 0 Å². The molecule has 0 unspecified atom stereocenters. The van der Waals surface area contributed by atoms with Gasteiger partial charge < -0.3 is 25.4 Å². The number of primary amides is 1. The maximum Gasteiger partial charge on any atom is 0.417 e. The molecule has 1 fully saturated rings. The summed E-state index contributed by atoms with van der Waals surface area (Å²) < 4.78 is 68.2. The van der Waals surface area contributed by atoms with Gasteiger partial charge in [0, 0.05) is 22.6 Å². The van der Waals surface area contributed by atoms with Gasteiger partial charge in [-0.3, -0.25) is 4.79 Å². The number of nitrogens with two attached hydrogens (primary N) is 1. The highest BCUT2D eigenvalue weighted by Gasteiger charge is 2.35. The van der Waals surface area contributed by atoms with E-state index in [1.165, 1.54) is 31.6 Å². The number of methoxy groups -OCH3 is 1. The van der Waals surface area contributed by atoms with Crippen molar-refractivity contribution in [2.24, 2.45) is 11.7 Å². The molecule has 42 heavy (non-hydrogen) atoms. The molecule has 5 rings (SSSR count). The van der Waals surface area contributed by atoms with E-state index in [2.05, 4.69) is 27.2 Å². The lowest BCUT2D eigenvalue weighted by atomic mass is 9.93. The average molecular weight is 584 g/mol. The van der Waals surface area contributed by atoms with Crippen LogP contribution in [0.15, 0.2) is 54.9 Å². The van der Waals surface area contributed by atoms with Crippen molar-refractivity contribution in [2.75, 3.05) is 39.2 Å². The molecule has 3 aromatic carbocycles. The van der Waals surface area contributed by atoms with Crippen LogP contribution in [-0.4, -0.2) is 54.6 Å². The minimum Gasteiger partial charge on any atom is -0.493 e. The summed E-state index contributed by atoms with van der Waals surface area (Å²) in [5.74, 6) is -0.270. The Morgan fingerprint density at radius 1 is 1.10 bits per heavy atom. The van der Waals surface area contributed by atoms with Crippen molar-refractivity contribution in [3.8, 4) is 22.6 Å². The van der Waals surface area contributed by atoms with E-state index in [0.29, 0.717) is 34.9 Å². The molecule has 1 aliphatic rings. The van der Waals surface area contributed by atoms with E-state index in [4.69, 9.17) is 15.2 Å². The summed E-state index contributed by atoms with van der Waals surface area (Å²) in [6.45, 7) is 2.58. The van der Waals surface area contributed by atoms with Gasteiger partial charge in [0.15, 0.2) is 11.5 Å². The Morgan fingerprint density at radius 2 is 1.86 bits per heavy atom. The van der Waals surface area contributed by atoms with Crippen LogP contribution in [0.3, 0.4) is 0 Å². The van der Waals surface area contributed by atoms with Gasteiger partial charge in [-0.1, -0.05) is 12.1 Å². The van der Waals surface area contributed by atoms with Crippen LogP contribution >= 0.6 is 0 Å². The predicted molar refractivity (Wildman–Crippen MR) is 150 cm³/mol. The number of fused-ring (bicyclic) bond motifs is 1. The van der Waals surface area contributed by atoms with Crippen LogP contribution in [0, 0.1) is 11.7 Å². The molecule has 0 aliphatic carbocycles. The lowest BCUT2D eigenvalue weighted by Crippen LogP contribution is -2.32. The molecular formula is C30H29F4N5O3. The Labute approximate surface area is 239 Å². The molecule has 4 aromatic rings. The summed E-state index contributed by atoms with van der Waals surface area (Å²) in [4.78, 5) is 22.8. The Bertz CT molecular complexity index is 1620. The number of halogens is 4. The van der Waals surface area contributed by atoms with Gasteiger partial charge >= 0.3 is 6.18 Å². The number of hydrogen-bond acceptors (Lipinski definition) is 7. The van der Waals surface area contributed by atoms with E-state index >= 15 is 4.39 Å². The number of amides is 1. The Morgan fingerprint density at radius 3 is 2.52 bits per heavy atom. The van der Waals surface area contributed by atoms with Crippen molar-refractivity contribution in [2.45, 2.75) is 19.0 Å². The molecule has 0 bridgehead atoms. The number of nitrogens with one attached hydrogen (secondary N) is 1. The second-order valence-corrected chi connectivity index (χ2v) is 10.2. The molecule has 1 aromatic heterocycles. The first-order valence-corrected chi connectivity index (χ1v) is 13.3. The topological polar surface area (TPSA) is 103 Å². The summed E-state index contributed by atoms with van der Waals surface area (Å²) in [6, 6.07) is 9.95. The highest BCUT2D eigenvalue weighted by Crippen LogP contribution is 2.40. The largest absolute Gasteiger partial charge is 0.493 e. The number of aromatic nitrogens is 2. The molecule has 8 nitrogen and oxygen atoms in total. The van der Waals surface area contributed by atoms with Crippen molar-refractivity contribution in [3.63, 3.8) is 0 Å². The lowest BCUT2D eigenvalue weighted by Gasteiger charge is -2.28. The molecule has 1 aliphatic heterocycles. The van der Waals surface area contributed by atoms with E-state index in [-0.39, 0.29) is 22.6 Å². The van der Waals surface area contributed by atoms with Gasteiger partial charge in [0.05, 0.1) is 30.5 Å². The van der Waals surface area contributed by atoms with Gasteiger partial charge in [0.25, 0.3) is 0 Å². The highest BCUT2D eigenvalue weighted by atomic mass is 19.4. The third-order valence-corrected chi connectivity index (χ3v) is 7.38. The molecule has 0 radical (unpaired) electrons. The number of anilines is 2. The van der Waals surface area contributed by atoms with Gasteiger partial charge in [-0.05, 0) is 74.8 Å². The van der Waals surface area contributed by atoms with Crippen LogP contribution in [0.4, 0.5) is 29.1 Å². The van der Waals surface area contributed by atoms with Crippen molar-refractivity contribution < 1.29 is 31.8 Å². The number of rotatable bonds is 8. The quantitative estimate of drug-likeness (QED) is 0.244. The predicted octanol–water partition coefficient (Wildman–Crippen LogP) is 6.03. The van der Waals surface area contributed by atoms with Gasteiger partial charge in [0.1, 0.15) is 18.0 Å². The fourth-order valence-electron chi connectivity index (χ4n) is 5.08. The number of carbonyl (C=O) groups excluding carboxylic acids is 1. The minimum absolute atomic E-state index is 0.0505. The standard InChI is InChI=1S/C30H29F4N5O3/c1-39-10-8-17(9-11-39)15-42-26-14-24-20(13-25(26)41-2)29(37-16-36-24)38-23-7-6-18(12-22(23)31)27-19(28(35)40)4-3-5-21(27)30(32,33)34/h3-7,12-14,16-17H,8-11,15H2,1-2H3,(H2,35,40)(H,36,37,38). The second-order valence-electron chi connectivity index (χ2n) is 10.2. The molecule has 12 heteroatoms. The number of nitrogens with zero attached hydrogens (tertiary/aromatic N) is 3. The second kappa shape index (κ2) is 11.8. The molecule has 1 saturated heterocycles. The summed E-state index contributed by atoms with van der Waals surface area (Å²) in [7, 11) is 3.61. The third-order valence-electron chi connectivity index (χ3n) is 7.38. The normalized spacial score (nSPS) is 14.6. The van der Waals surface area contributed by atoms with Crippen LogP contribution in [0.25, 0.3) is 22.0 Å². The van der Waals surface area contributed by atoms with Gasteiger partial charge in [-0.2, -0.15) is 13.2 Å². The number of hydrogen-bond donors (Lipinski definition) is 2. The van der Waals surface area contributed by atoms with E-state index in [1.807, 2.05) is 0 Å². The van der Waals surface area contributed by atoms with Crippen LogP contribution in [0.5, 0.6) is 11.5 Å². The number of carbonyl (C=O) groups is 1. The molecule has 2 heterocycles. The average Bonchev–Trinajstić information content (AvgIpc) is 2.96. The van der Waals surface area contributed by atoms with E-state index in [0.717, 1.165) is 44.1 Å². The van der Waals surface area contributed by atoms with Crippen LogP contribution < -0.4 is 20.5 Å². The fourth-order valence-corrected chi connectivity index (χ4v) is 5.08. The zero-order valence-electron chi connectivity index (χ0n) is 23.0. The molecule has 220 valence electrons. The maximum absolute atomic E-state index is 15.3. The minimum atomic E-state index is -4.79. The summed E-state index contributed by atoms with van der Waals surface area (Å²) in [5, 5.41) is 3.41. The zero-order valence-corrected chi connectivity index (χ0v) is 23.0. The maximum atomic E-state index is 15.3. The molecule has 3 N–H and O–H groups in total. The number of ether oxygens (including phenoxy) is 2. The fraction of sp³-hybridized carbons (Fsp3) is 0.300. The Balaban J connectivity index is 1.44. The van der Waals surface area contributed by atoms with Crippen LogP contribution in [0.2, 0.25) is 0 Å². The molecular weight excluding hydrogens is 554 g/mol. The first-order chi connectivity index (χ1) is 20.0. The first-order valence-electron chi connectivity index (χ1n) is 13.3. The number of piperidine rings is 1. The van der Waals surface area contributed by atoms with Crippen LogP contribution in [-0.2, 0) is 6.18 Å². The number of alkyl halides is 3. The van der Waals surface area contributed by atoms with Crippen molar-refractivity contribution in [1.29, 1.82) is 0 Å². The summed E-state index contributed by atoms with van der Waals surface area (Å²) in [5.41, 5.74) is 3.70. The van der Waals surface area contributed by atoms with Gasteiger partial charge in [-0.25, -0.2) is 14.4 Å². The number of benzene rings is 3. The molecule has 0 spiro atoms. The highest BCUT2D eigenvalue weighted by molar-refractivity contribution is 6.01. The Kier molecular flexibility index (Phi) is 8.17. The molecule has 1 amide bonds. The Hall–Kier alpha value is -4.45. The van der Waals surface area contributed by atoms with Crippen LogP contribution in [0.1, 0.15) is 28.8 Å². The monoisotopic (exact) mass is 583 g/mol. The smallest absolute Gasteiger partial charge is 0.417 e. The van der Waals surface area contributed by atoms with E-state index in [1.54, 1.807) is 12.1 Å². The zero-order chi connectivity index (χ0) is 30.0. The third kappa shape index (κ3) is 6.08. The van der Waals surface area contributed by atoms with Crippen molar-refractivity contribution in [1.82, 2.24) is 14.9 Å². The summed E-state index contributed by atoms with van der Waals surface area (Å²) >= 11 is 0. The van der Waals surface area contributed by atoms with Crippen molar-refractivity contribution in [3.05, 3.63) is 71.8 Å². The lowest BCUT2D eigenvalue weighted by molar-refractivity contribution is -0.137. The van der Waals surface area contributed by atoms with E-state index < -0.39 is 29.0 Å². The molecule has 0 saturated carbocycles. The first kappa shape index (κ1) is 29.1. The summed E-state index contributed by atoms with van der Waals surface area (Å²) in [6.07, 6.45) is -1.40.